The molecular formula is C22H26N6S2. The quantitative estimate of drug-likeness (QED) is 0.427. The van der Waals surface area contributed by atoms with Crippen molar-refractivity contribution in [2.24, 2.45) is 0 Å². The number of fused-ring (bicyclic) bond motifs is 2. The van der Waals surface area contributed by atoms with Crippen LogP contribution in [0.15, 0.2) is 33.4 Å². The molecule has 3 N–H and O–H groups in total. The van der Waals surface area contributed by atoms with Crippen LogP contribution < -0.4 is 11.1 Å². The van der Waals surface area contributed by atoms with Gasteiger partial charge in [0.05, 0.1) is 0 Å². The first kappa shape index (κ1) is 21.0. The molecule has 1 aliphatic rings. The molecule has 2 aromatic heterocycles. The van der Waals surface area contributed by atoms with Gasteiger partial charge in [-0.25, -0.2) is 15.0 Å². The summed E-state index contributed by atoms with van der Waals surface area (Å²) >= 11 is 3.48. The van der Waals surface area contributed by atoms with Gasteiger partial charge >= 0.3 is 0 Å². The highest BCUT2D eigenvalue weighted by Gasteiger charge is 2.19. The van der Waals surface area contributed by atoms with Crippen molar-refractivity contribution in [3.8, 4) is 12.3 Å². The Morgan fingerprint density at radius 2 is 2.23 bits per heavy atom. The van der Waals surface area contributed by atoms with Crippen LogP contribution in [0, 0.1) is 12.3 Å². The molecule has 6 nitrogen and oxygen atoms in total. The molecule has 4 rings (SSSR count). The predicted molar refractivity (Wildman–Crippen MR) is 125 cm³/mol. The van der Waals surface area contributed by atoms with E-state index in [-0.39, 0.29) is 0 Å². The highest BCUT2D eigenvalue weighted by molar-refractivity contribution is 7.99. The Hall–Kier alpha value is -2.21. The van der Waals surface area contributed by atoms with Crippen molar-refractivity contribution in [1.82, 2.24) is 24.8 Å². The fourth-order valence-electron chi connectivity index (χ4n) is 3.51. The van der Waals surface area contributed by atoms with Crippen molar-refractivity contribution in [3.05, 3.63) is 29.6 Å². The average molecular weight is 439 g/mol. The van der Waals surface area contributed by atoms with Gasteiger partial charge in [-0.05, 0) is 49.3 Å². The maximum Gasteiger partial charge on any atom is 0.175 e. The van der Waals surface area contributed by atoms with E-state index in [0.29, 0.717) is 17.4 Å². The largest absolute Gasteiger partial charge is 0.382 e. The van der Waals surface area contributed by atoms with Crippen molar-refractivity contribution < 1.29 is 0 Å². The second-order valence-electron chi connectivity index (χ2n) is 7.59. The Morgan fingerprint density at radius 1 is 1.37 bits per heavy atom. The van der Waals surface area contributed by atoms with Gasteiger partial charge in [-0.15, -0.1) is 18.2 Å². The van der Waals surface area contributed by atoms with E-state index in [2.05, 4.69) is 51.8 Å². The average Bonchev–Trinajstić information content (AvgIpc) is 3.09. The second-order valence-corrected chi connectivity index (χ2v) is 9.74. The highest BCUT2D eigenvalue weighted by atomic mass is 32.2. The van der Waals surface area contributed by atoms with Gasteiger partial charge < -0.3 is 15.6 Å². The molecule has 0 bridgehead atoms. The minimum atomic E-state index is 0.403. The molecule has 0 amide bonds. The van der Waals surface area contributed by atoms with Crippen LogP contribution in [0.3, 0.4) is 0 Å². The van der Waals surface area contributed by atoms with Gasteiger partial charge in [-0.1, -0.05) is 31.5 Å². The lowest BCUT2D eigenvalue weighted by Crippen LogP contribution is -2.24. The summed E-state index contributed by atoms with van der Waals surface area (Å²) in [5, 5.41) is 4.31. The van der Waals surface area contributed by atoms with Gasteiger partial charge in [0.15, 0.2) is 22.1 Å². The SMILES string of the molecule is C#Cc1cc2c(cc1Sc1nc3c(N)ncnc3n1CCCNC(C)C)CCCS2. The second kappa shape index (κ2) is 9.29. The number of hydrogen-bond acceptors (Lipinski definition) is 7. The monoisotopic (exact) mass is 438 g/mol. The van der Waals surface area contributed by atoms with E-state index in [1.165, 1.54) is 23.2 Å². The normalized spacial score (nSPS) is 13.5. The molecule has 1 aromatic carbocycles. The molecule has 0 spiro atoms. The molecule has 3 aromatic rings. The Balaban J connectivity index is 1.69. The van der Waals surface area contributed by atoms with Gasteiger partial charge in [-0.2, -0.15) is 0 Å². The first-order valence-electron chi connectivity index (χ1n) is 10.2. The van der Waals surface area contributed by atoms with Crippen LogP contribution in [0.2, 0.25) is 0 Å². The summed E-state index contributed by atoms with van der Waals surface area (Å²) in [5.41, 5.74) is 9.79. The molecule has 0 saturated heterocycles. The number of terminal acetylenes is 1. The van der Waals surface area contributed by atoms with Crippen molar-refractivity contribution >= 4 is 40.5 Å². The van der Waals surface area contributed by atoms with Crippen LogP contribution in [-0.4, -0.2) is 37.9 Å². The van der Waals surface area contributed by atoms with E-state index in [1.807, 2.05) is 11.8 Å². The molecular weight excluding hydrogens is 412 g/mol. The Bertz CT molecular complexity index is 1100. The summed E-state index contributed by atoms with van der Waals surface area (Å²) < 4.78 is 2.13. The number of benzene rings is 1. The lowest BCUT2D eigenvalue weighted by molar-refractivity contribution is 0.525. The van der Waals surface area contributed by atoms with E-state index < -0.39 is 0 Å². The van der Waals surface area contributed by atoms with Crippen LogP contribution in [0.5, 0.6) is 0 Å². The fourth-order valence-corrected chi connectivity index (χ4v) is 5.62. The van der Waals surface area contributed by atoms with Gasteiger partial charge in [0.25, 0.3) is 0 Å². The summed E-state index contributed by atoms with van der Waals surface area (Å²) in [6.45, 7) is 6.02. The maximum absolute atomic E-state index is 6.09. The first-order valence-corrected chi connectivity index (χ1v) is 12.0. The molecule has 8 heteroatoms. The zero-order chi connectivity index (χ0) is 21.1. The van der Waals surface area contributed by atoms with Gasteiger partial charge in [-0.3, -0.25) is 0 Å². The zero-order valence-electron chi connectivity index (χ0n) is 17.3. The number of nitrogens with zero attached hydrogens (tertiary/aromatic N) is 4. The first-order chi connectivity index (χ1) is 14.6. The minimum absolute atomic E-state index is 0.403. The lowest BCUT2D eigenvalue weighted by Gasteiger charge is -2.17. The molecule has 156 valence electrons. The number of aromatic nitrogens is 4. The third kappa shape index (κ3) is 4.43. The molecule has 0 fully saturated rings. The van der Waals surface area contributed by atoms with Crippen LogP contribution in [0.4, 0.5) is 5.82 Å². The molecule has 3 heterocycles. The molecule has 30 heavy (non-hydrogen) atoms. The fraction of sp³-hybridized carbons (Fsp3) is 0.409. The maximum atomic E-state index is 6.09. The summed E-state index contributed by atoms with van der Waals surface area (Å²) in [5.74, 6) is 4.42. The summed E-state index contributed by atoms with van der Waals surface area (Å²) in [6, 6.07) is 4.85. The molecule has 0 unspecified atom stereocenters. The van der Waals surface area contributed by atoms with Crippen molar-refractivity contribution in [2.75, 3.05) is 18.0 Å². The van der Waals surface area contributed by atoms with E-state index in [9.17, 15) is 0 Å². The van der Waals surface area contributed by atoms with Crippen molar-refractivity contribution in [3.63, 3.8) is 0 Å². The lowest BCUT2D eigenvalue weighted by atomic mass is 10.1. The zero-order valence-corrected chi connectivity index (χ0v) is 18.9. The number of thioether (sulfide) groups is 1. The summed E-state index contributed by atoms with van der Waals surface area (Å²) in [6.07, 6.45) is 10.6. The number of rotatable bonds is 7. The van der Waals surface area contributed by atoms with Crippen LogP contribution in [0.1, 0.15) is 37.8 Å². The van der Waals surface area contributed by atoms with E-state index >= 15 is 0 Å². The molecule has 0 aliphatic carbocycles. The number of anilines is 1. The van der Waals surface area contributed by atoms with Crippen LogP contribution >= 0.6 is 23.5 Å². The Labute approximate surface area is 185 Å². The Kier molecular flexibility index (Phi) is 6.52. The van der Waals surface area contributed by atoms with Crippen molar-refractivity contribution in [2.45, 2.75) is 60.6 Å². The van der Waals surface area contributed by atoms with E-state index in [0.717, 1.165) is 52.9 Å². The van der Waals surface area contributed by atoms with Crippen LogP contribution in [-0.2, 0) is 13.0 Å². The third-order valence-corrected chi connectivity index (χ3v) is 7.24. The number of nitrogens with two attached hydrogens (primary N) is 1. The highest BCUT2D eigenvalue weighted by Crippen LogP contribution is 2.38. The smallest absolute Gasteiger partial charge is 0.175 e. The Morgan fingerprint density at radius 3 is 3.03 bits per heavy atom. The van der Waals surface area contributed by atoms with Crippen LogP contribution in [0.25, 0.3) is 11.2 Å². The summed E-state index contributed by atoms with van der Waals surface area (Å²) in [4.78, 5) is 15.7. The predicted octanol–water partition coefficient (Wildman–Crippen LogP) is 3.97. The molecule has 1 aliphatic heterocycles. The van der Waals surface area contributed by atoms with Gasteiger partial charge in [0.1, 0.15) is 6.33 Å². The van der Waals surface area contributed by atoms with E-state index in [4.69, 9.17) is 17.1 Å². The number of imidazole rings is 1. The van der Waals surface area contributed by atoms with Crippen molar-refractivity contribution in [1.29, 1.82) is 0 Å². The number of hydrogen-bond donors (Lipinski definition) is 2. The number of nitrogen functional groups attached to an aromatic ring is 1. The van der Waals surface area contributed by atoms with Gasteiger partial charge in [0, 0.05) is 27.9 Å². The van der Waals surface area contributed by atoms with E-state index in [1.54, 1.807) is 11.8 Å². The summed E-state index contributed by atoms with van der Waals surface area (Å²) in [7, 11) is 0. The number of nitrogens with one attached hydrogen (secondary N) is 1. The third-order valence-electron chi connectivity index (χ3n) is 5.00. The molecule has 0 saturated carbocycles. The standard InChI is InChI=1S/C22H26N6S2/c1-4-15-11-17-16(7-5-10-29-17)12-18(15)30-22-27-19-20(23)25-13-26-21(19)28(22)9-6-8-24-14(2)3/h1,11-14,24H,5-10H2,2-3H3,(H2,23,25,26). The topological polar surface area (TPSA) is 81.7 Å². The minimum Gasteiger partial charge on any atom is -0.382 e. The number of aryl methyl sites for hydroxylation is 2. The molecule has 0 atom stereocenters. The van der Waals surface area contributed by atoms with Gasteiger partial charge in [0.2, 0.25) is 0 Å². The molecule has 0 radical (unpaired) electrons.